The summed E-state index contributed by atoms with van der Waals surface area (Å²) in [7, 11) is -0.691. The molecule has 0 saturated carbocycles. The highest BCUT2D eigenvalue weighted by Crippen LogP contribution is 2.14. The van der Waals surface area contributed by atoms with Gasteiger partial charge in [-0.3, -0.25) is 4.79 Å². The third kappa shape index (κ3) is 6.76. The summed E-state index contributed by atoms with van der Waals surface area (Å²) in [5.74, 6) is -1.03. The Labute approximate surface area is 155 Å². The van der Waals surface area contributed by atoms with Gasteiger partial charge in [0.1, 0.15) is 0 Å². The van der Waals surface area contributed by atoms with Crippen LogP contribution in [0.25, 0.3) is 0 Å². The second-order valence-corrected chi connectivity index (χ2v) is 8.50. The predicted molar refractivity (Wildman–Crippen MR) is 99.3 cm³/mol. The molecule has 0 bridgehead atoms. The quantitative estimate of drug-likeness (QED) is 0.493. The Hall–Kier alpha value is -1.93. The highest BCUT2D eigenvalue weighted by molar-refractivity contribution is 7.89. The molecule has 0 aliphatic rings. The number of hydrogen-bond acceptors (Lipinski definition) is 5. The number of hydrogen-bond donors (Lipinski definition) is 1. The summed E-state index contributed by atoms with van der Waals surface area (Å²) < 4.78 is 30.0. The van der Waals surface area contributed by atoms with Crippen molar-refractivity contribution < 1.29 is 22.7 Å². The van der Waals surface area contributed by atoms with Crippen LogP contribution >= 0.6 is 0 Å². The first-order valence-electron chi connectivity index (χ1n) is 8.67. The molecule has 26 heavy (non-hydrogen) atoms. The van der Waals surface area contributed by atoms with Gasteiger partial charge in [0.15, 0.2) is 6.61 Å². The number of esters is 1. The van der Waals surface area contributed by atoms with Crippen molar-refractivity contribution in [3.63, 3.8) is 0 Å². The molecule has 1 aromatic rings. The molecule has 0 saturated heterocycles. The van der Waals surface area contributed by atoms with Crippen molar-refractivity contribution in [1.82, 2.24) is 9.62 Å². The zero-order chi connectivity index (χ0) is 19.7. The van der Waals surface area contributed by atoms with E-state index < -0.39 is 16.0 Å². The second-order valence-electron chi connectivity index (χ2n) is 6.35. The van der Waals surface area contributed by atoms with Gasteiger partial charge >= 0.3 is 5.97 Å². The number of ether oxygens (including phenoxy) is 1. The maximum atomic E-state index is 12.0. The van der Waals surface area contributed by atoms with Gasteiger partial charge in [0.2, 0.25) is 10.0 Å². The first kappa shape index (κ1) is 22.1. The molecule has 1 rings (SSSR count). The van der Waals surface area contributed by atoms with E-state index >= 15 is 0 Å². The van der Waals surface area contributed by atoms with Crippen LogP contribution in [0.2, 0.25) is 0 Å². The third-order valence-corrected chi connectivity index (χ3v) is 5.68. The Morgan fingerprint density at radius 3 is 2.31 bits per heavy atom. The maximum Gasteiger partial charge on any atom is 0.338 e. The monoisotopic (exact) mass is 384 g/mol. The number of amides is 1. The average Bonchev–Trinajstić information content (AvgIpc) is 2.59. The molecule has 0 aromatic heterocycles. The van der Waals surface area contributed by atoms with Crippen molar-refractivity contribution in [2.45, 2.75) is 50.5 Å². The molecule has 0 aliphatic carbocycles. The number of nitrogens with one attached hydrogen (secondary N) is 1. The Morgan fingerprint density at radius 2 is 1.77 bits per heavy atom. The van der Waals surface area contributed by atoms with Crippen molar-refractivity contribution in [2.75, 3.05) is 20.7 Å². The van der Waals surface area contributed by atoms with Crippen LogP contribution in [0.3, 0.4) is 0 Å². The van der Waals surface area contributed by atoms with Gasteiger partial charge in [0.05, 0.1) is 10.5 Å². The summed E-state index contributed by atoms with van der Waals surface area (Å²) in [4.78, 5) is 23.9. The number of rotatable bonds is 10. The molecule has 1 aromatic carbocycles. The number of carbonyl (C=O) groups is 2. The largest absolute Gasteiger partial charge is 0.452 e. The third-order valence-electron chi connectivity index (χ3n) is 3.85. The topological polar surface area (TPSA) is 92.8 Å². The van der Waals surface area contributed by atoms with Crippen molar-refractivity contribution >= 4 is 21.9 Å². The van der Waals surface area contributed by atoms with Crippen LogP contribution < -0.4 is 5.32 Å². The molecular formula is C18H28N2O5S. The van der Waals surface area contributed by atoms with Crippen LogP contribution in [0.5, 0.6) is 0 Å². The smallest absolute Gasteiger partial charge is 0.338 e. The Morgan fingerprint density at radius 1 is 1.15 bits per heavy atom. The van der Waals surface area contributed by atoms with Gasteiger partial charge in [-0.2, -0.15) is 0 Å². The average molecular weight is 384 g/mol. The van der Waals surface area contributed by atoms with Gasteiger partial charge in [0.25, 0.3) is 5.91 Å². The standard InChI is InChI=1S/C18H28N2O5S/c1-5-6-7-8-14(2)19-17(21)13-25-18(22)15-9-11-16(12-10-15)26(23,24)20(3)4/h9-12,14H,5-8,13H2,1-4H3,(H,19,21)/t14-/m1/s1. The van der Waals surface area contributed by atoms with Crippen molar-refractivity contribution in [2.24, 2.45) is 0 Å². The molecular weight excluding hydrogens is 356 g/mol. The molecule has 0 aliphatic heterocycles. The minimum Gasteiger partial charge on any atom is -0.452 e. The number of carbonyl (C=O) groups excluding carboxylic acids is 2. The summed E-state index contributed by atoms with van der Waals surface area (Å²) in [6.07, 6.45) is 4.16. The van der Waals surface area contributed by atoms with Gasteiger partial charge < -0.3 is 10.1 Å². The number of nitrogens with zero attached hydrogens (tertiary/aromatic N) is 1. The zero-order valence-corrected chi connectivity index (χ0v) is 16.6. The predicted octanol–water partition coefficient (Wildman–Crippen LogP) is 2.18. The van der Waals surface area contributed by atoms with E-state index in [9.17, 15) is 18.0 Å². The fourth-order valence-electron chi connectivity index (χ4n) is 2.28. The molecule has 0 radical (unpaired) electrons. The van der Waals surface area contributed by atoms with E-state index in [1.54, 1.807) is 0 Å². The highest BCUT2D eigenvalue weighted by atomic mass is 32.2. The van der Waals surface area contributed by atoms with E-state index in [2.05, 4.69) is 12.2 Å². The van der Waals surface area contributed by atoms with Gasteiger partial charge in [0, 0.05) is 20.1 Å². The minimum atomic E-state index is -3.55. The number of unbranched alkanes of at least 4 members (excludes halogenated alkanes) is 2. The van der Waals surface area contributed by atoms with E-state index in [0.717, 1.165) is 30.0 Å². The Bertz CT molecular complexity index is 699. The fraction of sp³-hybridized carbons (Fsp3) is 0.556. The normalized spacial score (nSPS) is 12.7. The summed E-state index contributed by atoms with van der Waals surface area (Å²) in [5, 5.41) is 2.79. The van der Waals surface area contributed by atoms with Crippen LogP contribution in [0.15, 0.2) is 29.2 Å². The van der Waals surface area contributed by atoms with E-state index in [4.69, 9.17) is 4.74 Å². The van der Waals surface area contributed by atoms with E-state index in [0.29, 0.717) is 0 Å². The molecule has 1 amide bonds. The zero-order valence-electron chi connectivity index (χ0n) is 15.8. The van der Waals surface area contributed by atoms with Crippen LogP contribution in [-0.2, 0) is 19.6 Å². The minimum absolute atomic E-state index is 0.0308. The van der Waals surface area contributed by atoms with Crippen molar-refractivity contribution in [3.05, 3.63) is 29.8 Å². The van der Waals surface area contributed by atoms with E-state index in [-0.39, 0.29) is 29.0 Å². The highest BCUT2D eigenvalue weighted by Gasteiger charge is 2.18. The van der Waals surface area contributed by atoms with Gasteiger partial charge in [-0.05, 0) is 37.6 Å². The first-order chi connectivity index (χ1) is 12.2. The second kappa shape index (κ2) is 10.3. The van der Waals surface area contributed by atoms with Crippen molar-refractivity contribution in [3.8, 4) is 0 Å². The molecule has 146 valence electrons. The van der Waals surface area contributed by atoms with Gasteiger partial charge in [-0.25, -0.2) is 17.5 Å². The maximum absolute atomic E-state index is 12.0. The van der Waals surface area contributed by atoms with Gasteiger partial charge in [-0.1, -0.05) is 26.2 Å². The summed E-state index contributed by atoms with van der Waals surface area (Å²) in [6.45, 7) is 3.67. The van der Waals surface area contributed by atoms with Crippen LogP contribution in [0, 0.1) is 0 Å². The lowest BCUT2D eigenvalue weighted by atomic mass is 10.1. The lowest BCUT2D eigenvalue weighted by Gasteiger charge is -2.14. The summed E-state index contributed by atoms with van der Waals surface area (Å²) >= 11 is 0. The summed E-state index contributed by atoms with van der Waals surface area (Å²) in [6, 6.07) is 5.43. The van der Waals surface area contributed by atoms with Crippen molar-refractivity contribution in [1.29, 1.82) is 0 Å². The Balaban J connectivity index is 2.52. The molecule has 1 N–H and O–H groups in total. The lowest BCUT2D eigenvalue weighted by Crippen LogP contribution is -2.35. The molecule has 7 nitrogen and oxygen atoms in total. The molecule has 0 fully saturated rings. The molecule has 0 heterocycles. The van der Waals surface area contributed by atoms with E-state index in [1.165, 1.54) is 38.4 Å². The van der Waals surface area contributed by atoms with Crippen LogP contribution in [0.4, 0.5) is 0 Å². The number of sulfonamides is 1. The fourth-order valence-corrected chi connectivity index (χ4v) is 3.18. The SMILES string of the molecule is CCCCC[C@@H](C)NC(=O)COC(=O)c1ccc(S(=O)(=O)N(C)C)cc1. The van der Waals surface area contributed by atoms with Crippen LogP contribution in [-0.4, -0.2) is 51.3 Å². The summed E-state index contributed by atoms with van der Waals surface area (Å²) in [5.41, 5.74) is 0.187. The first-order valence-corrected chi connectivity index (χ1v) is 10.1. The molecule has 0 spiro atoms. The molecule has 1 atom stereocenters. The van der Waals surface area contributed by atoms with E-state index in [1.807, 2.05) is 6.92 Å². The van der Waals surface area contributed by atoms with Crippen LogP contribution in [0.1, 0.15) is 49.9 Å². The Kier molecular flexibility index (Phi) is 8.74. The van der Waals surface area contributed by atoms with Gasteiger partial charge in [-0.15, -0.1) is 0 Å². The molecule has 8 heteroatoms. The lowest BCUT2D eigenvalue weighted by molar-refractivity contribution is -0.124. The molecule has 0 unspecified atom stereocenters. The number of benzene rings is 1.